The standard InChI is InChI=1S/C23H20N2O2/c26-22(24-20-11-5-2-6-12-20)19-13-14-21-18(16-19)10-7-15-25(21)23(27)17-8-3-1-4-9-17/h1-6,8-9,11-14,16H,7,10,15H2,(H,24,26). The number of rotatable bonds is 3. The first-order chi connectivity index (χ1) is 13.2. The van der Waals surface area contributed by atoms with Gasteiger partial charge in [0.05, 0.1) is 0 Å². The van der Waals surface area contributed by atoms with Crippen molar-refractivity contribution in [2.45, 2.75) is 12.8 Å². The van der Waals surface area contributed by atoms with E-state index < -0.39 is 0 Å². The molecule has 0 bridgehead atoms. The van der Waals surface area contributed by atoms with Crippen molar-refractivity contribution in [3.05, 3.63) is 95.6 Å². The normalized spacial score (nSPS) is 13.0. The second-order valence-corrected chi connectivity index (χ2v) is 6.59. The maximum atomic E-state index is 12.9. The Balaban J connectivity index is 1.58. The Morgan fingerprint density at radius 1 is 0.815 bits per heavy atom. The van der Waals surface area contributed by atoms with Crippen LogP contribution in [0, 0.1) is 0 Å². The van der Waals surface area contributed by atoms with Crippen LogP contribution in [0.4, 0.5) is 11.4 Å². The van der Waals surface area contributed by atoms with Crippen molar-refractivity contribution in [1.29, 1.82) is 0 Å². The lowest BCUT2D eigenvalue weighted by molar-refractivity contribution is 0.0984. The molecule has 1 aliphatic heterocycles. The Kier molecular flexibility index (Phi) is 4.71. The monoisotopic (exact) mass is 356 g/mol. The number of para-hydroxylation sites is 1. The number of nitrogens with one attached hydrogen (secondary N) is 1. The van der Waals surface area contributed by atoms with E-state index >= 15 is 0 Å². The Morgan fingerprint density at radius 2 is 1.52 bits per heavy atom. The molecule has 134 valence electrons. The molecule has 0 saturated carbocycles. The van der Waals surface area contributed by atoms with Crippen LogP contribution in [0.2, 0.25) is 0 Å². The van der Waals surface area contributed by atoms with E-state index in [0.717, 1.165) is 29.8 Å². The summed E-state index contributed by atoms with van der Waals surface area (Å²) in [5.74, 6) is -0.145. The maximum Gasteiger partial charge on any atom is 0.258 e. The first-order valence-electron chi connectivity index (χ1n) is 9.08. The number of carbonyl (C=O) groups excluding carboxylic acids is 2. The third-order valence-corrected chi connectivity index (χ3v) is 4.76. The van der Waals surface area contributed by atoms with E-state index in [2.05, 4.69) is 5.32 Å². The third kappa shape index (κ3) is 3.60. The van der Waals surface area contributed by atoms with Crippen molar-refractivity contribution < 1.29 is 9.59 Å². The maximum absolute atomic E-state index is 12.9. The number of amides is 2. The van der Waals surface area contributed by atoms with Crippen molar-refractivity contribution in [1.82, 2.24) is 0 Å². The van der Waals surface area contributed by atoms with Crippen LogP contribution in [-0.2, 0) is 6.42 Å². The highest BCUT2D eigenvalue weighted by Gasteiger charge is 2.24. The fourth-order valence-electron chi connectivity index (χ4n) is 3.41. The lowest BCUT2D eigenvalue weighted by Gasteiger charge is -2.30. The molecular weight excluding hydrogens is 336 g/mol. The van der Waals surface area contributed by atoms with Crippen molar-refractivity contribution in [3.8, 4) is 0 Å². The Bertz CT molecular complexity index is 968. The highest BCUT2D eigenvalue weighted by Crippen LogP contribution is 2.29. The second-order valence-electron chi connectivity index (χ2n) is 6.59. The Morgan fingerprint density at radius 3 is 2.26 bits per heavy atom. The number of aryl methyl sites for hydroxylation is 1. The van der Waals surface area contributed by atoms with Gasteiger partial charge in [-0.05, 0) is 60.9 Å². The van der Waals surface area contributed by atoms with Crippen LogP contribution in [-0.4, -0.2) is 18.4 Å². The molecule has 0 radical (unpaired) electrons. The summed E-state index contributed by atoms with van der Waals surface area (Å²) in [5.41, 5.74) is 3.97. The van der Waals surface area contributed by atoms with Crippen LogP contribution in [0.25, 0.3) is 0 Å². The van der Waals surface area contributed by atoms with Crippen molar-refractivity contribution in [3.63, 3.8) is 0 Å². The number of hydrogen-bond donors (Lipinski definition) is 1. The molecule has 0 atom stereocenters. The summed E-state index contributed by atoms with van der Waals surface area (Å²) < 4.78 is 0. The molecule has 2 amide bonds. The molecule has 0 saturated heterocycles. The summed E-state index contributed by atoms with van der Waals surface area (Å²) >= 11 is 0. The highest BCUT2D eigenvalue weighted by molar-refractivity contribution is 6.08. The molecule has 3 aromatic carbocycles. The van der Waals surface area contributed by atoms with Crippen LogP contribution in [0.3, 0.4) is 0 Å². The van der Waals surface area contributed by atoms with Gasteiger partial charge < -0.3 is 10.2 Å². The van der Waals surface area contributed by atoms with Crippen LogP contribution < -0.4 is 10.2 Å². The van der Waals surface area contributed by atoms with Crippen LogP contribution in [0.1, 0.15) is 32.7 Å². The largest absolute Gasteiger partial charge is 0.322 e. The minimum Gasteiger partial charge on any atom is -0.322 e. The number of anilines is 2. The summed E-state index contributed by atoms with van der Waals surface area (Å²) in [6, 6.07) is 24.3. The van der Waals surface area contributed by atoms with Gasteiger partial charge in [0.15, 0.2) is 0 Å². The molecule has 1 N–H and O–H groups in total. The Labute approximate surface area is 158 Å². The molecule has 0 unspecified atom stereocenters. The molecule has 3 aromatic rings. The number of hydrogen-bond acceptors (Lipinski definition) is 2. The summed E-state index contributed by atoms with van der Waals surface area (Å²) in [6.07, 6.45) is 1.75. The van der Waals surface area contributed by atoms with E-state index in [-0.39, 0.29) is 11.8 Å². The van der Waals surface area contributed by atoms with Gasteiger partial charge in [-0.15, -0.1) is 0 Å². The number of nitrogens with zero attached hydrogens (tertiary/aromatic N) is 1. The quantitative estimate of drug-likeness (QED) is 0.749. The van der Waals surface area contributed by atoms with Gasteiger partial charge in [-0.2, -0.15) is 0 Å². The lowest BCUT2D eigenvalue weighted by Crippen LogP contribution is -2.35. The average Bonchev–Trinajstić information content (AvgIpc) is 2.73. The van der Waals surface area contributed by atoms with E-state index in [4.69, 9.17) is 0 Å². The van der Waals surface area contributed by atoms with E-state index in [0.29, 0.717) is 17.7 Å². The van der Waals surface area contributed by atoms with E-state index in [1.54, 1.807) is 6.07 Å². The highest BCUT2D eigenvalue weighted by atomic mass is 16.2. The number of benzene rings is 3. The molecule has 4 rings (SSSR count). The molecule has 0 fully saturated rings. The van der Waals surface area contributed by atoms with E-state index in [1.165, 1.54) is 0 Å². The van der Waals surface area contributed by atoms with Crippen LogP contribution in [0.15, 0.2) is 78.9 Å². The van der Waals surface area contributed by atoms with Gasteiger partial charge in [0.25, 0.3) is 11.8 Å². The first-order valence-corrected chi connectivity index (χ1v) is 9.08. The van der Waals surface area contributed by atoms with Gasteiger partial charge in [0, 0.05) is 29.0 Å². The smallest absolute Gasteiger partial charge is 0.258 e. The van der Waals surface area contributed by atoms with Gasteiger partial charge >= 0.3 is 0 Å². The molecule has 0 spiro atoms. The van der Waals surface area contributed by atoms with E-state index in [9.17, 15) is 9.59 Å². The Hall–Kier alpha value is -3.40. The first kappa shape index (κ1) is 17.0. The zero-order valence-electron chi connectivity index (χ0n) is 14.9. The van der Waals surface area contributed by atoms with Crippen molar-refractivity contribution in [2.75, 3.05) is 16.8 Å². The van der Waals surface area contributed by atoms with Gasteiger partial charge in [0.2, 0.25) is 0 Å². The van der Waals surface area contributed by atoms with Crippen molar-refractivity contribution in [2.24, 2.45) is 0 Å². The molecule has 4 heteroatoms. The van der Waals surface area contributed by atoms with Gasteiger partial charge in [-0.25, -0.2) is 0 Å². The second kappa shape index (κ2) is 7.46. The number of fused-ring (bicyclic) bond motifs is 1. The summed E-state index contributed by atoms with van der Waals surface area (Å²) in [6.45, 7) is 0.691. The predicted octanol–water partition coefficient (Wildman–Crippen LogP) is 4.53. The fraction of sp³-hybridized carbons (Fsp3) is 0.130. The summed E-state index contributed by atoms with van der Waals surface area (Å²) in [4.78, 5) is 27.2. The minimum absolute atomic E-state index is 0.00182. The van der Waals surface area contributed by atoms with Gasteiger partial charge in [-0.1, -0.05) is 36.4 Å². The zero-order valence-corrected chi connectivity index (χ0v) is 14.9. The summed E-state index contributed by atoms with van der Waals surface area (Å²) in [7, 11) is 0. The summed E-state index contributed by atoms with van der Waals surface area (Å²) in [5, 5.41) is 2.91. The molecule has 1 heterocycles. The van der Waals surface area contributed by atoms with E-state index in [1.807, 2.05) is 77.7 Å². The lowest BCUT2D eigenvalue weighted by atomic mass is 9.98. The number of carbonyl (C=O) groups is 2. The SMILES string of the molecule is O=C(Nc1ccccc1)c1ccc2c(c1)CCCN2C(=O)c1ccccc1. The van der Waals surface area contributed by atoms with Gasteiger partial charge in [-0.3, -0.25) is 9.59 Å². The molecule has 4 nitrogen and oxygen atoms in total. The third-order valence-electron chi connectivity index (χ3n) is 4.76. The fourth-order valence-corrected chi connectivity index (χ4v) is 3.41. The van der Waals surface area contributed by atoms with Crippen LogP contribution >= 0.6 is 0 Å². The topological polar surface area (TPSA) is 49.4 Å². The van der Waals surface area contributed by atoms with Gasteiger partial charge in [0.1, 0.15) is 0 Å². The minimum atomic E-state index is -0.143. The molecule has 0 aromatic heterocycles. The molecule has 27 heavy (non-hydrogen) atoms. The molecular formula is C23H20N2O2. The van der Waals surface area contributed by atoms with Crippen LogP contribution in [0.5, 0.6) is 0 Å². The zero-order chi connectivity index (χ0) is 18.6. The molecule has 1 aliphatic rings. The van der Waals surface area contributed by atoms with Crippen molar-refractivity contribution >= 4 is 23.2 Å². The predicted molar refractivity (Wildman–Crippen MR) is 107 cm³/mol. The molecule has 0 aliphatic carbocycles. The average molecular weight is 356 g/mol.